The second kappa shape index (κ2) is 10.3. The van der Waals surface area contributed by atoms with Crippen molar-refractivity contribution in [1.82, 2.24) is 14.7 Å². The van der Waals surface area contributed by atoms with Crippen LogP contribution in [-0.2, 0) is 22.6 Å². The maximum atomic E-state index is 12.8. The highest BCUT2D eigenvalue weighted by Crippen LogP contribution is 2.20. The molecule has 0 saturated carbocycles. The maximum absolute atomic E-state index is 12.8. The molecular formula is C23H26ClN3O3. The summed E-state index contributed by atoms with van der Waals surface area (Å²) < 4.78 is 12.4. The number of halogens is 1. The number of amides is 1. The lowest BCUT2D eigenvalue weighted by Gasteiger charge is -2.19. The number of aryl methyl sites for hydroxylation is 1. The van der Waals surface area contributed by atoms with E-state index in [0.29, 0.717) is 31.3 Å². The molecule has 1 amide bonds. The Morgan fingerprint density at radius 2 is 2.07 bits per heavy atom. The average molecular weight is 428 g/mol. The first-order valence-corrected chi connectivity index (χ1v) is 10.1. The minimum Gasteiger partial charge on any atom is -0.467 e. The van der Waals surface area contributed by atoms with Crippen molar-refractivity contribution >= 4 is 23.6 Å². The molecule has 0 aliphatic rings. The Kier molecular flexibility index (Phi) is 7.49. The van der Waals surface area contributed by atoms with E-state index in [1.165, 1.54) is 0 Å². The van der Waals surface area contributed by atoms with Crippen LogP contribution in [0.2, 0.25) is 5.02 Å². The van der Waals surface area contributed by atoms with Crippen molar-refractivity contribution in [3.8, 4) is 0 Å². The summed E-state index contributed by atoms with van der Waals surface area (Å²) in [5.41, 5.74) is 3.77. The van der Waals surface area contributed by atoms with Gasteiger partial charge in [0.1, 0.15) is 5.76 Å². The van der Waals surface area contributed by atoms with Gasteiger partial charge in [-0.1, -0.05) is 29.8 Å². The number of carbonyl (C=O) groups excluding carboxylic acids is 1. The second-order valence-electron chi connectivity index (χ2n) is 7.00. The first kappa shape index (κ1) is 21.9. The van der Waals surface area contributed by atoms with Crippen molar-refractivity contribution < 1.29 is 13.9 Å². The van der Waals surface area contributed by atoms with Gasteiger partial charge in [-0.25, -0.2) is 0 Å². The van der Waals surface area contributed by atoms with E-state index in [2.05, 4.69) is 5.10 Å². The van der Waals surface area contributed by atoms with Crippen LogP contribution in [0, 0.1) is 13.8 Å². The molecule has 1 aromatic carbocycles. The van der Waals surface area contributed by atoms with Gasteiger partial charge >= 0.3 is 0 Å². The van der Waals surface area contributed by atoms with E-state index in [0.717, 1.165) is 28.3 Å². The number of hydrogen-bond donors (Lipinski definition) is 0. The Labute approximate surface area is 181 Å². The average Bonchev–Trinajstić information content (AvgIpc) is 3.33. The highest BCUT2D eigenvalue weighted by Gasteiger charge is 2.15. The summed E-state index contributed by atoms with van der Waals surface area (Å²) >= 11 is 6.29. The smallest absolute Gasteiger partial charge is 0.247 e. The highest BCUT2D eigenvalue weighted by atomic mass is 35.5. The van der Waals surface area contributed by atoms with Gasteiger partial charge in [0.25, 0.3) is 0 Å². The van der Waals surface area contributed by atoms with Crippen LogP contribution >= 0.6 is 11.6 Å². The van der Waals surface area contributed by atoms with Gasteiger partial charge in [0.05, 0.1) is 31.7 Å². The fourth-order valence-electron chi connectivity index (χ4n) is 3.21. The summed E-state index contributed by atoms with van der Waals surface area (Å²) in [5, 5.41) is 5.34. The molecule has 0 bridgehead atoms. The van der Waals surface area contributed by atoms with Crippen LogP contribution in [0.5, 0.6) is 0 Å². The van der Waals surface area contributed by atoms with E-state index in [-0.39, 0.29) is 5.91 Å². The predicted octanol–water partition coefficient (Wildman–Crippen LogP) is 4.48. The SMILES string of the molecule is COCCN(Cc1ccco1)C(=O)/C=C/c1c(C)nn(Cc2ccccc2Cl)c1C. The zero-order chi connectivity index (χ0) is 21.5. The number of carbonyl (C=O) groups is 1. The van der Waals surface area contributed by atoms with Crippen molar-refractivity contribution in [3.05, 3.63) is 82.0 Å². The fraction of sp³-hybridized carbons (Fsp3) is 0.304. The van der Waals surface area contributed by atoms with Crippen molar-refractivity contribution in [1.29, 1.82) is 0 Å². The van der Waals surface area contributed by atoms with E-state index in [4.69, 9.17) is 20.8 Å². The molecule has 7 heteroatoms. The summed E-state index contributed by atoms with van der Waals surface area (Å²) in [4.78, 5) is 14.5. The summed E-state index contributed by atoms with van der Waals surface area (Å²) in [6, 6.07) is 11.4. The molecule has 0 aliphatic heterocycles. The lowest BCUT2D eigenvalue weighted by atomic mass is 10.1. The van der Waals surface area contributed by atoms with Crippen LogP contribution in [0.1, 0.15) is 28.3 Å². The third kappa shape index (κ3) is 5.40. The van der Waals surface area contributed by atoms with Gasteiger partial charge in [0.2, 0.25) is 5.91 Å². The molecule has 0 fully saturated rings. The number of aromatic nitrogens is 2. The fourth-order valence-corrected chi connectivity index (χ4v) is 3.41. The molecule has 0 spiro atoms. The summed E-state index contributed by atoms with van der Waals surface area (Å²) in [5.74, 6) is 0.619. The first-order chi connectivity index (χ1) is 14.5. The van der Waals surface area contributed by atoms with Crippen molar-refractivity contribution in [2.75, 3.05) is 20.3 Å². The molecule has 0 aliphatic carbocycles. The summed E-state index contributed by atoms with van der Waals surface area (Å²) in [7, 11) is 1.62. The van der Waals surface area contributed by atoms with Crippen molar-refractivity contribution in [2.45, 2.75) is 26.9 Å². The maximum Gasteiger partial charge on any atom is 0.247 e. The van der Waals surface area contributed by atoms with Gasteiger partial charge in [-0.05, 0) is 43.7 Å². The van der Waals surface area contributed by atoms with Gasteiger partial charge < -0.3 is 14.1 Å². The van der Waals surface area contributed by atoms with Crippen LogP contribution in [-0.4, -0.2) is 40.8 Å². The van der Waals surface area contributed by atoms with Gasteiger partial charge in [0.15, 0.2) is 0 Å². The van der Waals surface area contributed by atoms with E-state index in [1.54, 1.807) is 24.3 Å². The molecule has 0 unspecified atom stereocenters. The van der Waals surface area contributed by atoms with Crippen molar-refractivity contribution in [2.24, 2.45) is 0 Å². The minimum absolute atomic E-state index is 0.110. The first-order valence-electron chi connectivity index (χ1n) is 9.75. The third-order valence-electron chi connectivity index (χ3n) is 4.91. The Morgan fingerprint density at radius 3 is 2.77 bits per heavy atom. The number of methoxy groups -OCH3 is 1. The van der Waals surface area contributed by atoms with E-state index >= 15 is 0 Å². The van der Waals surface area contributed by atoms with E-state index in [1.807, 2.05) is 61.0 Å². The summed E-state index contributed by atoms with van der Waals surface area (Å²) in [6.07, 6.45) is 5.00. The lowest BCUT2D eigenvalue weighted by Crippen LogP contribution is -2.32. The molecular weight excluding hydrogens is 402 g/mol. The molecule has 158 valence electrons. The van der Waals surface area contributed by atoms with E-state index < -0.39 is 0 Å². The molecule has 2 aromatic heterocycles. The second-order valence-corrected chi connectivity index (χ2v) is 7.41. The quantitative estimate of drug-likeness (QED) is 0.472. The Balaban J connectivity index is 1.76. The molecule has 2 heterocycles. The van der Waals surface area contributed by atoms with Crippen molar-refractivity contribution in [3.63, 3.8) is 0 Å². The number of nitrogens with zero attached hydrogens (tertiary/aromatic N) is 3. The normalized spacial score (nSPS) is 11.3. The number of benzene rings is 1. The third-order valence-corrected chi connectivity index (χ3v) is 5.28. The molecule has 6 nitrogen and oxygen atoms in total. The molecule has 30 heavy (non-hydrogen) atoms. The minimum atomic E-state index is -0.110. The number of hydrogen-bond acceptors (Lipinski definition) is 4. The largest absolute Gasteiger partial charge is 0.467 e. The topological polar surface area (TPSA) is 60.5 Å². The van der Waals surface area contributed by atoms with Crippen LogP contribution in [0.4, 0.5) is 0 Å². The van der Waals surface area contributed by atoms with Gasteiger partial charge in [0, 0.05) is 36.0 Å². The molecule has 3 aromatic rings. The zero-order valence-corrected chi connectivity index (χ0v) is 18.2. The molecule has 0 saturated heterocycles. The molecule has 0 N–H and O–H groups in total. The number of furan rings is 1. The number of ether oxygens (including phenoxy) is 1. The molecule has 0 atom stereocenters. The number of rotatable bonds is 9. The Morgan fingerprint density at radius 1 is 1.27 bits per heavy atom. The Hall–Kier alpha value is -2.83. The highest BCUT2D eigenvalue weighted by molar-refractivity contribution is 6.31. The van der Waals surface area contributed by atoms with Gasteiger partial charge in [-0.15, -0.1) is 0 Å². The molecule has 3 rings (SSSR count). The van der Waals surface area contributed by atoms with Crippen LogP contribution in [0.25, 0.3) is 6.08 Å². The lowest BCUT2D eigenvalue weighted by molar-refractivity contribution is -0.127. The Bertz CT molecular complexity index is 1010. The predicted molar refractivity (Wildman–Crippen MR) is 117 cm³/mol. The van der Waals surface area contributed by atoms with Gasteiger partial charge in [-0.3, -0.25) is 9.48 Å². The van der Waals surface area contributed by atoms with Crippen LogP contribution < -0.4 is 0 Å². The monoisotopic (exact) mass is 427 g/mol. The standard InChI is InChI=1S/C23H26ClN3O3/c1-17-21(18(2)27(25-17)15-19-7-4-5-9-22(19)24)10-11-23(28)26(12-14-29-3)16-20-8-6-13-30-20/h4-11,13H,12,14-16H2,1-3H3/b11-10+. The zero-order valence-electron chi connectivity index (χ0n) is 17.5. The van der Waals surface area contributed by atoms with Crippen LogP contribution in [0.15, 0.2) is 53.2 Å². The molecule has 0 radical (unpaired) electrons. The van der Waals surface area contributed by atoms with Gasteiger partial charge in [-0.2, -0.15) is 5.10 Å². The van der Waals surface area contributed by atoms with Crippen LogP contribution in [0.3, 0.4) is 0 Å². The van der Waals surface area contributed by atoms with E-state index in [9.17, 15) is 4.79 Å². The summed E-state index contributed by atoms with van der Waals surface area (Å²) in [6.45, 7) is 5.83.